The van der Waals surface area contributed by atoms with Crippen molar-refractivity contribution in [3.05, 3.63) is 83.8 Å². The van der Waals surface area contributed by atoms with Crippen molar-refractivity contribution in [3.8, 4) is 17.3 Å². The van der Waals surface area contributed by atoms with E-state index in [0.29, 0.717) is 5.56 Å². The van der Waals surface area contributed by atoms with E-state index in [2.05, 4.69) is 16.0 Å². The number of fused-ring (bicyclic) bond motifs is 1. The van der Waals surface area contributed by atoms with Gasteiger partial charge in [-0.05, 0) is 54.8 Å². The Morgan fingerprint density at radius 2 is 1.97 bits per heavy atom. The maximum absolute atomic E-state index is 13.7. The van der Waals surface area contributed by atoms with Gasteiger partial charge in [-0.15, -0.1) is 5.10 Å². The van der Waals surface area contributed by atoms with Crippen molar-refractivity contribution >= 4 is 11.5 Å². The first-order valence-corrected chi connectivity index (χ1v) is 9.60. The summed E-state index contributed by atoms with van der Waals surface area (Å²) in [6.07, 6.45) is 3.77. The van der Waals surface area contributed by atoms with Crippen molar-refractivity contribution < 1.29 is 4.39 Å². The van der Waals surface area contributed by atoms with E-state index in [9.17, 15) is 9.65 Å². The smallest absolute Gasteiger partial charge is 0.154 e. The van der Waals surface area contributed by atoms with Crippen LogP contribution in [0.25, 0.3) is 16.9 Å². The molecule has 1 fully saturated rings. The summed E-state index contributed by atoms with van der Waals surface area (Å²) in [6, 6.07) is 20.4. The molecule has 1 unspecified atom stereocenters. The van der Waals surface area contributed by atoms with Crippen molar-refractivity contribution in [3.63, 3.8) is 0 Å². The van der Waals surface area contributed by atoms with Crippen LogP contribution < -0.4 is 4.90 Å². The lowest BCUT2D eigenvalue weighted by atomic mass is 10.0. The van der Waals surface area contributed by atoms with Gasteiger partial charge in [0.15, 0.2) is 5.65 Å². The average molecular weight is 383 g/mol. The third-order valence-electron chi connectivity index (χ3n) is 5.42. The Morgan fingerprint density at radius 1 is 1.07 bits per heavy atom. The second kappa shape index (κ2) is 7.02. The molecule has 0 radical (unpaired) electrons. The number of halogens is 1. The first kappa shape index (κ1) is 17.4. The topological polar surface area (TPSA) is 57.2 Å². The zero-order valence-electron chi connectivity index (χ0n) is 15.7. The van der Waals surface area contributed by atoms with E-state index >= 15 is 0 Å². The molecule has 0 bridgehead atoms. The van der Waals surface area contributed by atoms with Crippen LogP contribution in [0, 0.1) is 17.1 Å². The Hall–Kier alpha value is -3.72. The summed E-state index contributed by atoms with van der Waals surface area (Å²) in [5, 5.41) is 14.0. The van der Waals surface area contributed by atoms with Crippen LogP contribution in [-0.4, -0.2) is 21.1 Å². The number of hydrogen-bond donors (Lipinski definition) is 0. The third kappa shape index (κ3) is 3.11. The van der Waals surface area contributed by atoms with E-state index in [1.165, 1.54) is 6.07 Å². The molecule has 1 aliphatic heterocycles. The van der Waals surface area contributed by atoms with E-state index in [1.807, 2.05) is 40.9 Å². The molecule has 2 aromatic heterocycles. The Bertz CT molecular complexity index is 1240. The van der Waals surface area contributed by atoms with Crippen LogP contribution in [0.2, 0.25) is 0 Å². The van der Waals surface area contributed by atoms with Crippen LogP contribution >= 0.6 is 0 Å². The van der Waals surface area contributed by atoms with Gasteiger partial charge in [-0.25, -0.2) is 13.9 Å². The average Bonchev–Trinajstić information content (AvgIpc) is 3.40. The molecule has 5 nitrogen and oxygen atoms in total. The van der Waals surface area contributed by atoms with E-state index in [4.69, 9.17) is 5.10 Å². The van der Waals surface area contributed by atoms with E-state index < -0.39 is 0 Å². The number of nitriles is 1. The van der Waals surface area contributed by atoms with Crippen molar-refractivity contribution in [2.45, 2.75) is 18.9 Å². The highest BCUT2D eigenvalue weighted by molar-refractivity contribution is 5.65. The van der Waals surface area contributed by atoms with Gasteiger partial charge >= 0.3 is 0 Å². The largest absolute Gasteiger partial charge is 0.348 e. The van der Waals surface area contributed by atoms with Gasteiger partial charge in [0.25, 0.3) is 0 Å². The fraction of sp³-hybridized carbons (Fsp3) is 0.174. The SMILES string of the molecule is N#Cc1cccc(-c2cnc3ccc(N4CCCC4c4cccc(F)c4)nn23)c1. The summed E-state index contributed by atoms with van der Waals surface area (Å²) in [7, 11) is 0. The van der Waals surface area contributed by atoms with Crippen molar-refractivity contribution in [2.24, 2.45) is 0 Å². The predicted octanol–water partition coefficient (Wildman–Crippen LogP) is 4.75. The molecule has 142 valence electrons. The molecule has 5 rings (SSSR count). The molecule has 1 aliphatic rings. The van der Waals surface area contributed by atoms with Crippen LogP contribution in [0.15, 0.2) is 66.9 Å². The van der Waals surface area contributed by atoms with Gasteiger partial charge in [-0.1, -0.05) is 24.3 Å². The fourth-order valence-corrected chi connectivity index (χ4v) is 4.06. The van der Waals surface area contributed by atoms with Gasteiger partial charge < -0.3 is 4.90 Å². The predicted molar refractivity (Wildman–Crippen MR) is 109 cm³/mol. The number of anilines is 1. The lowest BCUT2D eigenvalue weighted by molar-refractivity contribution is 0.617. The summed E-state index contributed by atoms with van der Waals surface area (Å²) < 4.78 is 15.6. The first-order chi connectivity index (χ1) is 14.2. The number of nitrogens with zero attached hydrogens (tertiary/aromatic N) is 5. The summed E-state index contributed by atoms with van der Waals surface area (Å²) >= 11 is 0. The number of hydrogen-bond acceptors (Lipinski definition) is 4. The number of rotatable bonds is 3. The molecule has 0 saturated carbocycles. The zero-order valence-corrected chi connectivity index (χ0v) is 15.7. The minimum atomic E-state index is -0.216. The second-order valence-corrected chi connectivity index (χ2v) is 7.20. The molecule has 0 N–H and O–H groups in total. The lowest BCUT2D eigenvalue weighted by Crippen LogP contribution is -2.24. The molecular formula is C23H18FN5. The van der Waals surface area contributed by atoms with Crippen LogP contribution in [-0.2, 0) is 0 Å². The van der Waals surface area contributed by atoms with Gasteiger partial charge in [0.1, 0.15) is 11.6 Å². The van der Waals surface area contributed by atoms with Crippen molar-refractivity contribution in [2.75, 3.05) is 11.4 Å². The fourth-order valence-electron chi connectivity index (χ4n) is 4.06. The molecule has 6 heteroatoms. The lowest BCUT2D eigenvalue weighted by Gasteiger charge is -2.26. The maximum Gasteiger partial charge on any atom is 0.154 e. The molecule has 3 heterocycles. The molecular weight excluding hydrogens is 365 g/mol. The first-order valence-electron chi connectivity index (χ1n) is 9.60. The van der Waals surface area contributed by atoms with Crippen LogP contribution in [0.5, 0.6) is 0 Å². The molecule has 1 saturated heterocycles. The van der Waals surface area contributed by atoms with Crippen LogP contribution in [0.3, 0.4) is 0 Å². The summed E-state index contributed by atoms with van der Waals surface area (Å²) in [4.78, 5) is 6.68. The van der Waals surface area contributed by atoms with Gasteiger partial charge in [0.2, 0.25) is 0 Å². The van der Waals surface area contributed by atoms with E-state index in [0.717, 1.165) is 47.7 Å². The zero-order chi connectivity index (χ0) is 19.8. The molecule has 29 heavy (non-hydrogen) atoms. The Morgan fingerprint density at radius 3 is 2.83 bits per heavy atom. The van der Waals surface area contributed by atoms with E-state index in [-0.39, 0.29) is 11.9 Å². The maximum atomic E-state index is 13.7. The molecule has 1 atom stereocenters. The second-order valence-electron chi connectivity index (χ2n) is 7.20. The molecule has 0 amide bonds. The van der Waals surface area contributed by atoms with Gasteiger partial charge in [0.05, 0.1) is 29.6 Å². The molecule has 0 spiro atoms. The van der Waals surface area contributed by atoms with Gasteiger partial charge in [0, 0.05) is 12.1 Å². The monoisotopic (exact) mass is 383 g/mol. The van der Waals surface area contributed by atoms with Crippen LogP contribution in [0.4, 0.5) is 10.2 Å². The quantitative estimate of drug-likeness (QED) is 0.512. The number of imidazole rings is 1. The highest BCUT2D eigenvalue weighted by Gasteiger charge is 2.28. The highest BCUT2D eigenvalue weighted by atomic mass is 19.1. The normalized spacial score (nSPS) is 16.3. The minimum absolute atomic E-state index is 0.101. The van der Waals surface area contributed by atoms with Crippen LogP contribution in [0.1, 0.15) is 30.0 Å². The van der Waals surface area contributed by atoms with Crippen molar-refractivity contribution in [1.29, 1.82) is 5.26 Å². The Kier molecular flexibility index (Phi) is 4.21. The summed E-state index contributed by atoms with van der Waals surface area (Å²) in [5.41, 5.74) is 4.04. The standard InChI is InChI=1S/C23H18FN5/c24-19-7-2-6-18(13-19)20-8-3-11-28(20)23-10-9-22-26-15-21(29(22)27-23)17-5-1-4-16(12-17)14-25/h1-2,4-7,9-10,12-13,15,20H,3,8,11H2. The van der Waals surface area contributed by atoms with Crippen molar-refractivity contribution in [1.82, 2.24) is 14.6 Å². The molecule has 0 aliphatic carbocycles. The number of benzene rings is 2. The molecule has 4 aromatic rings. The van der Waals surface area contributed by atoms with Gasteiger partial charge in [-0.3, -0.25) is 0 Å². The summed E-state index contributed by atoms with van der Waals surface area (Å²) in [5.74, 6) is 0.618. The summed E-state index contributed by atoms with van der Waals surface area (Å²) in [6.45, 7) is 0.869. The molecule has 2 aromatic carbocycles. The van der Waals surface area contributed by atoms with E-state index in [1.54, 1.807) is 24.4 Å². The minimum Gasteiger partial charge on any atom is -0.348 e. The Labute approximate surface area is 167 Å². The van der Waals surface area contributed by atoms with Gasteiger partial charge in [-0.2, -0.15) is 5.26 Å². The highest BCUT2D eigenvalue weighted by Crippen LogP contribution is 2.35. The Balaban J connectivity index is 1.57. The number of aromatic nitrogens is 3. The third-order valence-corrected chi connectivity index (χ3v) is 5.42.